The van der Waals surface area contributed by atoms with E-state index in [1.807, 2.05) is 18.2 Å². The van der Waals surface area contributed by atoms with Gasteiger partial charge in [-0.2, -0.15) is 0 Å². The number of hydrogen-bond acceptors (Lipinski definition) is 3. The summed E-state index contributed by atoms with van der Waals surface area (Å²) in [6.07, 6.45) is 4.98. The van der Waals surface area contributed by atoms with E-state index in [0.717, 1.165) is 10.1 Å². The number of amides is 1. The molecule has 1 amide bonds. The first-order valence-electron chi connectivity index (χ1n) is 7.42. The van der Waals surface area contributed by atoms with Gasteiger partial charge in [0.2, 0.25) is 0 Å². The maximum atomic E-state index is 12.6. The van der Waals surface area contributed by atoms with Crippen LogP contribution in [0, 0.1) is 11.8 Å². The summed E-state index contributed by atoms with van der Waals surface area (Å²) in [4.78, 5) is 13.2. The van der Waals surface area contributed by atoms with Crippen molar-refractivity contribution in [3.63, 3.8) is 0 Å². The third-order valence-corrected chi connectivity index (χ3v) is 5.95. The van der Waals surface area contributed by atoms with Crippen molar-refractivity contribution >= 4 is 44.6 Å². The molecule has 2 fully saturated rings. The van der Waals surface area contributed by atoms with Crippen LogP contribution < -0.4 is 11.1 Å². The first-order chi connectivity index (χ1) is 10.1. The lowest BCUT2D eigenvalue weighted by molar-refractivity contribution is 0.0931. The van der Waals surface area contributed by atoms with E-state index in [0.29, 0.717) is 33.5 Å². The van der Waals surface area contributed by atoms with Gasteiger partial charge in [0, 0.05) is 16.1 Å². The minimum absolute atomic E-state index is 0.0337. The number of benzene rings is 1. The highest BCUT2D eigenvalue weighted by atomic mass is 35.5. The Kier molecular flexibility index (Phi) is 3.12. The van der Waals surface area contributed by atoms with E-state index in [2.05, 4.69) is 5.32 Å². The molecule has 2 aliphatic carbocycles. The Balaban J connectivity index is 1.64. The van der Waals surface area contributed by atoms with Gasteiger partial charge in [-0.3, -0.25) is 4.79 Å². The lowest BCUT2D eigenvalue weighted by atomic mass is 10.1. The van der Waals surface area contributed by atoms with Gasteiger partial charge in [0.1, 0.15) is 4.88 Å². The van der Waals surface area contributed by atoms with Crippen molar-refractivity contribution in [3.8, 4) is 0 Å². The van der Waals surface area contributed by atoms with Crippen LogP contribution >= 0.6 is 22.9 Å². The molecule has 0 aliphatic heterocycles. The number of carbonyl (C=O) groups excluding carboxylic acids is 1. The van der Waals surface area contributed by atoms with Crippen LogP contribution in [0.4, 0.5) is 5.69 Å². The van der Waals surface area contributed by atoms with E-state index in [4.69, 9.17) is 17.3 Å². The second-order valence-corrected chi connectivity index (χ2v) is 7.59. The fourth-order valence-electron chi connectivity index (χ4n) is 3.05. The summed E-state index contributed by atoms with van der Waals surface area (Å²) in [7, 11) is 0. The van der Waals surface area contributed by atoms with Crippen molar-refractivity contribution in [1.82, 2.24) is 5.32 Å². The standard InChI is InChI=1S/C16H17ClN2OS/c17-10-2-1-3-11-12(10)13(18)15(21-11)16(20)19-14(8-4-5-8)9-6-7-9/h1-3,8-9,14H,4-7,18H2,(H,19,20). The number of nitrogens with two attached hydrogens (primary N) is 1. The summed E-state index contributed by atoms with van der Waals surface area (Å²) in [5.41, 5.74) is 6.68. The number of nitrogen functional groups attached to an aromatic ring is 1. The second kappa shape index (κ2) is 4.89. The maximum absolute atomic E-state index is 12.6. The van der Waals surface area contributed by atoms with Gasteiger partial charge >= 0.3 is 0 Å². The van der Waals surface area contributed by atoms with Gasteiger partial charge in [0.15, 0.2) is 0 Å². The van der Waals surface area contributed by atoms with Crippen LogP contribution in [-0.4, -0.2) is 11.9 Å². The highest BCUT2D eigenvalue weighted by Gasteiger charge is 2.42. The van der Waals surface area contributed by atoms with Crippen LogP contribution in [-0.2, 0) is 0 Å². The Morgan fingerprint density at radius 2 is 1.95 bits per heavy atom. The number of hydrogen-bond donors (Lipinski definition) is 2. The summed E-state index contributed by atoms with van der Waals surface area (Å²) < 4.78 is 0.972. The monoisotopic (exact) mass is 320 g/mol. The van der Waals surface area contributed by atoms with E-state index in [1.54, 1.807) is 0 Å². The maximum Gasteiger partial charge on any atom is 0.263 e. The number of halogens is 1. The van der Waals surface area contributed by atoms with Crippen LogP contribution in [0.3, 0.4) is 0 Å². The summed E-state index contributed by atoms with van der Waals surface area (Å²) >= 11 is 7.63. The molecule has 2 saturated carbocycles. The third kappa shape index (κ3) is 2.40. The lowest BCUT2D eigenvalue weighted by Crippen LogP contribution is -2.37. The highest BCUT2D eigenvalue weighted by Crippen LogP contribution is 2.45. The van der Waals surface area contributed by atoms with Crippen molar-refractivity contribution in [3.05, 3.63) is 28.1 Å². The van der Waals surface area contributed by atoms with Gasteiger partial charge in [-0.15, -0.1) is 11.3 Å². The van der Waals surface area contributed by atoms with Crippen molar-refractivity contribution in [2.45, 2.75) is 31.7 Å². The van der Waals surface area contributed by atoms with Crippen molar-refractivity contribution < 1.29 is 4.79 Å². The van der Waals surface area contributed by atoms with Gasteiger partial charge in [0.05, 0.1) is 10.7 Å². The zero-order chi connectivity index (χ0) is 14.6. The van der Waals surface area contributed by atoms with Gasteiger partial charge in [-0.25, -0.2) is 0 Å². The number of anilines is 1. The molecule has 3 nitrogen and oxygen atoms in total. The molecule has 0 atom stereocenters. The van der Waals surface area contributed by atoms with Crippen LogP contribution in [0.25, 0.3) is 10.1 Å². The number of nitrogens with one attached hydrogen (secondary N) is 1. The summed E-state index contributed by atoms with van der Waals surface area (Å²) in [5, 5.41) is 4.65. The molecule has 1 aromatic heterocycles. The molecule has 2 aliphatic rings. The average Bonchev–Trinajstić information content (AvgIpc) is 3.35. The van der Waals surface area contributed by atoms with Gasteiger partial charge in [0.25, 0.3) is 5.91 Å². The summed E-state index contributed by atoms with van der Waals surface area (Å²) in [6, 6.07) is 6.00. The molecule has 1 heterocycles. The molecule has 0 radical (unpaired) electrons. The SMILES string of the molecule is Nc1c(C(=O)NC(C2CC2)C2CC2)sc2cccc(Cl)c12. The Labute approximate surface area is 132 Å². The van der Waals surface area contributed by atoms with Gasteiger partial charge in [-0.1, -0.05) is 17.7 Å². The Hall–Kier alpha value is -1.26. The van der Waals surface area contributed by atoms with E-state index < -0.39 is 0 Å². The van der Waals surface area contributed by atoms with E-state index >= 15 is 0 Å². The van der Waals surface area contributed by atoms with E-state index in [9.17, 15) is 4.79 Å². The van der Waals surface area contributed by atoms with Gasteiger partial charge < -0.3 is 11.1 Å². The topological polar surface area (TPSA) is 55.1 Å². The zero-order valence-corrected chi connectivity index (χ0v) is 13.1. The fraction of sp³-hybridized carbons (Fsp3) is 0.438. The molecule has 5 heteroatoms. The number of fused-ring (bicyclic) bond motifs is 1. The molecular weight excluding hydrogens is 304 g/mol. The molecule has 21 heavy (non-hydrogen) atoms. The normalized spacial score (nSPS) is 18.4. The van der Waals surface area contributed by atoms with Gasteiger partial charge in [-0.05, 0) is 49.7 Å². The fourth-order valence-corrected chi connectivity index (χ4v) is 4.43. The number of carbonyl (C=O) groups is 1. The van der Waals surface area contributed by atoms with Crippen LogP contribution in [0.1, 0.15) is 35.4 Å². The first kappa shape index (κ1) is 13.4. The molecule has 2 aromatic rings. The molecule has 0 unspecified atom stereocenters. The van der Waals surface area contributed by atoms with Crippen molar-refractivity contribution in [2.75, 3.05) is 5.73 Å². The molecular formula is C16H17ClN2OS. The number of rotatable bonds is 4. The molecule has 110 valence electrons. The summed E-state index contributed by atoms with van der Waals surface area (Å²) in [6.45, 7) is 0. The molecule has 4 rings (SSSR count). The zero-order valence-electron chi connectivity index (χ0n) is 11.6. The molecule has 0 bridgehead atoms. The Morgan fingerprint density at radius 3 is 2.52 bits per heavy atom. The highest BCUT2D eigenvalue weighted by molar-refractivity contribution is 7.21. The Bertz CT molecular complexity index is 706. The predicted molar refractivity (Wildman–Crippen MR) is 87.9 cm³/mol. The van der Waals surface area contributed by atoms with Crippen LogP contribution in [0.5, 0.6) is 0 Å². The second-order valence-electron chi connectivity index (χ2n) is 6.13. The molecule has 1 aromatic carbocycles. The van der Waals surface area contributed by atoms with Crippen LogP contribution in [0.2, 0.25) is 5.02 Å². The molecule has 0 spiro atoms. The van der Waals surface area contributed by atoms with Crippen LogP contribution in [0.15, 0.2) is 18.2 Å². The Morgan fingerprint density at radius 1 is 1.29 bits per heavy atom. The third-order valence-electron chi connectivity index (χ3n) is 4.47. The smallest absolute Gasteiger partial charge is 0.263 e. The molecule has 0 saturated heterocycles. The van der Waals surface area contributed by atoms with Crippen molar-refractivity contribution in [2.24, 2.45) is 11.8 Å². The number of thiophene rings is 1. The quantitative estimate of drug-likeness (QED) is 0.892. The van der Waals surface area contributed by atoms with Crippen molar-refractivity contribution in [1.29, 1.82) is 0 Å². The minimum Gasteiger partial charge on any atom is -0.397 e. The minimum atomic E-state index is -0.0337. The lowest BCUT2D eigenvalue weighted by Gasteiger charge is -2.17. The predicted octanol–water partition coefficient (Wildman–Crippen LogP) is 4.06. The molecule has 3 N–H and O–H groups in total. The summed E-state index contributed by atoms with van der Waals surface area (Å²) in [5.74, 6) is 1.33. The largest absolute Gasteiger partial charge is 0.397 e. The first-order valence-corrected chi connectivity index (χ1v) is 8.62. The van der Waals surface area contributed by atoms with E-state index in [1.165, 1.54) is 37.0 Å². The average molecular weight is 321 g/mol. The van der Waals surface area contributed by atoms with E-state index in [-0.39, 0.29) is 5.91 Å².